The van der Waals surface area contributed by atoms with Crippen LogP contribution in [0.4, 0.5) is 0 Å². The Bertz CT molecular complexity index is 1110. The highest BCUT2D eigenvalue weighted by Crippen LogP contribution is 2.22. The topological polar surface area (TPSA) is 49.8 Å². The summed E-state index contributed by atoms with van der Waals surface area (Å²) in [4.78, 5) is 4.37. The molecule has 0 spiro atoms. The lowest BCUT2D eigenvalue weighted by Gasteiger charge is -2.19. The number of hydrogen-bond acceptors (Lipinski definition) is 5. The Morgan fingerprint density at radius 3 is 1.61 bits per heavy atom. The molecule has 0 saturated carbocycles. The maximum atomic E-state index is 6.22. The standard InChI is InChI=1S/C30H30ClNO4/c31-29-17-16-27(30(32-29)36-20-26-14-8-3-9-15-26)21-35-28(22-33-18-24-10-4-1-5-11-24)23-34-19-25-12-6-2-7-13-25/h1-17,28H,18-23H2. The molecule has 3 aromatic carbocycles. The molecule has 0 aliphatic carbocycles. The molecule has 6 heteroatoms. The summed E-state index contributed by atoms with van der Waals surface area (Å²) in [5.41, 5.74) is 4.08. The largest absolute Gasteiger partial charge is 0.472 e. The van der Waals surface area contributed by atoms with Crippen LogP contribution in [0.1, 0.15) is 22.3 Å². The maximum absolute atomic E-state index is 6.22. The average Bonchev–Trinajstić information content (AvgIpc) is 2.92. The fourth-order valence-electron chi connectivity index (χ4n) is 3.52. The van der Waals surface area contributed by atoms with Crippen LogP contribution in [-0.2, 0) is 40.6 Å². The van der Waals surface area contributed by atoms with E-state index in [9.17, 15) is 0 Å². The predicted molar refractivity (Wildman–Crippen MR) is 141 cm³/mol. The normalized spacial score (nSPS) is 11.1. The molecule has 36 heavy (non-hydrogen) atoms. The van der Waals surface area contributed by atoms with E-state index in [0.29, 0.717) is 50.7 Å². The molecule has 0 N–H and O–H groups in total. The summed E-state index contributed by atoms with van der Waals surface area (Å²) in [6.45, 7) is 2.49. The molecule has 0 radical (unpaired) electrons. The van der Waals surface area contributed by atoms with Crippen LogP contribution in [0, 0.1) is 0 Å². The molecule has 0 unspecified atom stereocenters. The Morgan fingerprint density at radius 2 is 1.08 bits per heavy atom. The Labute approximate surface area is 217 Å². The molecule has 0 atom stereocenters. The van der Waals surface area contributed by atoms with E-state index in [4.69, 9.17) is 30.5 Å². The van der Waals surface area contributed by atoms with E-state index < -0.39 is 0 Å². The van der Waals surface area contributed by atoms with Crippen LogP contribution in [-0.4, -0.2) is 24.3 Å². The second-order valence-corrected chi connectivity index (χ2v) is 8.69. The first kappa shape index (κ1) is 25.9. The van der Waals surface area contributed by atoms with Gasteiger partial charge in [-0.25, -0.2) is 4.98 Å². The van der Waals surface area contributed by atoms with Crippen molar-refractivity contribution in [2.75, 3.05) is 13.2 Å². The highest BCUT2D eigenvalue weighted by atomic mass is 35.5. The number of halogens is 1. The molecule has 0 saturated heterocycles. The molecule has 0 amide bonds. The zero-order valence-corrected chi connectivity index (χ0v) is 20.8. The van der Waals surface area contributed by atoms with Crippen LogP contribution in [0.25, 0.3) is 0 Å². The first-order valence-electron chi connectivity index (χ1n) is 11.9. The molecule has 0 aliphatic rings. The number of pyridine rings is 1. The van der Waals surface area contributed by atoms with Crippen LogP contribution in [0.15, 0.2) is 103 Å². The second kappa shape index (κ2) is 14.4. The van der Waals surface area contributed by atoms with E-state index in [-0.39, 0.29) is 6.10 Å². The average molecular weight is 504 g/mol. The third-order valence-electron chi connectivity index (χ3n) is 5.43. The number of hydrogen-bond donors (Lipinski definition) is 0. The number of benzene rings is 3. The lowest BCUT2D eigenvalue weighted by Crippen LogP contribution is -2.26. The minimum atomic E-state index is -0.268. The minimum absolute atomic E-state index is 0.268. The van der Waals surface area contributed by atoms with Gasteiger partial charge in [0, 0.05) is 5.56 Å². The quantitative estimate of drug-likeness (QED) is 0.181. The van der Waals surface area contributed by atoms with E-state index in [1.165, 1.54) is 0 Å². The summed E-state index contributed by atoms with van der Waals surface area (Å²) in [6, 6.07) is 33.7. The van der Waals surface area contributed by atoms with Crippen molar-refractivity contribution in [1.82, 2.24) is 4.98 Å². The van der Waals surface area contributed by atoms with Gasteiger partial charge in [0.2, 0.25) is 5.88 Å². The molecule has 0 fully saturated rings. The van der Waals surface area contributed by atoms with Gasteiger partial charge >= 0.3 is 0 Å². The second-order valence-electron chi connectivity index (χ2n) is 8.31. The lowest BCUT2D eigenvalue weighted by atomic mass is 10.2. The van der Waals surface area contributed by atoms with E-state index >= 15 is 0 Å². The Balaban J connectivity index is 1.35. The van der Waals surface area contributed by atoms with Crippen LogP contribution >= 0.6 is 11.6 Å². The summed E-state index contributed by atoms with van der Waals surface area (Å²) in [6.07, 6.45) is -0.268. The number of nitrogens with zero attached hydrogens (tertiary/aromatic N) is 1. The number of ether oxygens (including phenoxy) is 4. The number of rotatable bonds is 14. The highest BCUT2D eigenvalue weighted by Gasteiger charge is 2.14. The third kappa shape index (κ3) is 8.77. The van der Waals surface area contributed by atoms with Crippen molar-refractivity contribution in [2.45, 2.75) is 32.5 Å². The van der Waals surface area contributed by atoms with E-state index in [1.54, 1.807) is 6.07 Å². The van der Waals surface area contributed by atoms with Crippen molar-refractivity contribution in [1.29, 1.82) is 0 Å². The SMILES string of the molecule is Clc1ccc(COC(COCc2ccccc2)COCc2ccccc2)c(OCc2ccccc2)n1. The molecule has 1 aromatic heterocycles. The molecule has 1 heterocycles. The van der Waals surface area contributed by atoms with Gasteiger partial charge in [-0.05, 0) is 28.8 Å². The third-order valence-corrected chi connectivity index (χ3v) is 5.64. The van der Waals surface area contributed by atoms with Gasteiger partial charge in [-0.15, -0.1) is 0 Å². The molecule has 5 nitrogen and oxygen atoms in total. The smallest absolute Gasteiger partial charge is 0.220 e. The zero-order valence-electron chi connectivity index (χ0n) is 20.1. The van der Waals surface area contributed by atoms with Gasteiger partial charge in [0.1, 0.15) is 17.9 Å². The van der Waals surface area contributed by atoms with Crippen molar-refractivity contribution in [3.63, 3.8) is 0 Å². The Hall–Kier alpha value is -3.22. The first-order chi connectivity index (χ1) is 17.8. The van der Waals surface area contributed by atoms with Crippen LogP contribution in [0.2, 0.25) is 5.15 Å². The summed E-state index contributed by atoms with van der Waals surface area (Å²) in [7, 11) is 0. The Kier molecular flexibility index (Phi) is 10.3. The van der Waals surface area contributed by atoms with Gasteiger partial charge in [-0.1, -0.05) is 103 Å². The van der Waals surface area contributed by atoms with Crippen molar-refractivity contribution in [3.05, 3.63) is 131 Å². The van der Waals surface area contributed by atoms with Gasteiger partial charge < -0.3 is 18.9 Å². The van der Waals surface area contributed by atoms with Gasteiger partial charge in [0.15, 0.2) is 0 Å². The fraction of sp³-hybridized carbons (Fsp3) is 0.233. The summed E-state index contributed by atoms with van der Waals surface area (Å²) in [5.74, 6) is 0.459. The van der Waals surface area contributed by atoms with Crippen molar-refractivity contribution < 1.29 is 18.9 Å². The summed E-state index contributed by atoms with van der Waals surface area (Å²) in [5, 5.41) is 0.371. The molecule has 0 aliphatic heterocycles. The summed E-state index contributed by atoms with van der Waals surface area (Å²) < 4.78 is 24.1. The molecule has 0 bridgehead atoms. The fourth-order valence-corrected chi connectivity index (χ4v) is 3.66. The van der Waals surface area contributed by atoms with Crippen molar-refractivity contribution in [2.24, 2.45) is 0 Å². The summed E-state index contributed by atoms with van der Waals surface area (Å²) >= 11 is 6.14. The number of aromatic nitrogens is 1. The van der Waals surface area contributed by atoms with Crippen LogP contribution in [0.3, 0.4) is 0 Å². The molecular formula is C30H30ClNO4. The molecular weight excluding hydrogens is 474 g/mol. The molecule has 4 aromatic rings. The minimum Gasteiger partial charge on any atom is -0.472 e. The van der Waals surface area contributed by atoms with Gasteiger partial charge in [0.25, 0.3) is 0 Å². The highest BCUT2D eigenvalue weighted by molar-refractivity contribution is 6.29. The van der Waals surface area contributed by atoms with Crippen molar-refractivity contribution >= 4 is 11.6 Å². The molecule has 186 valence electrons. The molecule has 4 rings (SSSR count). The van der Waals surface area contributed by atoms with Gasteiger partial charge in [-0.2, -0.15) is 0 Å². The first-order valence-corrected chi connectivity index (χ1v) is 12.3. The monoisotopic (exact) mass is 503 g/mol. The van der Waals surface area contributed by atoms with Crippen LogP contribution < -0.4 is 4.74 Å². The lowest BCUT2D eigenvalue weighted by molar-refractivity contribution is -0.0734. The predicted octanol–water partition coefficient (Wildman–Crippen LogP) is 6.63. The van der Waals surface area contributed by atoms with E-state index in [2.05, 4.69) is 4.98 Å². The maximum Gasteiger partial charge on any atom is 0.220 e. The zero-order chi connectivity index (χ0) is 24.8. The van der Waals surface area contributed by atoms with Gasteiger partial charge in [0.05, 0.1) is 33.0 Å². The van der Waals surface area contributed by atoms with E-state index in [0.717, 1.165) is 22.3 Å². The Morgan fingerprint density at radius 1 is 0.583 bits per heavy atom. The van der Waals surface area contributed by atoms with Crippen LogP contribution in [0.5, 0.6) is 5.88 Å². The van der Waals surface area contributed by atoms with Gasteiger partial charge in [-0.3, -0.25) is 0 Å². The van der Waals surface area contributed by atoms with E-state index in [1.807, 2.05) is 97.1 Å². The van der Waals surface area contributed by atoms with Crippen molar-refractivity contribution in [3.8, 4) is 5.88 Å².